The van der Waals surface area contributed by atoms with E-state index in [-0.39, 0.29) is 21.9 Å². The highest BCUT2D eigenvalue weighted by Gasteiger charge is 2.23. The molecule has 142 valence electrons. The first-order chi connectivity index (χ1) is 12.8. The van der Waals surface area contributed by atoms with Gasteiger partial charge in [-0.2, -0.15) is 9.57 Å². The highest BCUT2D eigenvalue weighted by Crippen LogP contribution is 2.24. The van der Waals surface area contributed by atoms with Gasteiger partial charge in [0.1, 0.15) is 0 Å². The molecule has 2 rings (SSSR count). The van der Waals surface area contributed by atoms with Crippen molar-refractivity contribution in [1.29, 1.82) is 5.26 Å². The maximum atomic E-state index is 12.7. The summed E-state index contributed by atoms with van der Waals surface area (Å²) in [6, 6.07) is 13.0. The largest absolute Gasteiger partial charge is 0.322 e. The Morgan fingerprint density at radius 3 is 2.33 bits per heavy atom. The number of amides is 1. The lowest BCUT2D eigenvalue weighted by atomic mass is 10.1. The van der Waals surface area contributed by atoms with Crippen molar-refractivity contribution >= 4 is 33.2 Å². The molecule has 0 aliphatic carbocycles. The van der Waals surface area contributed by atoms with Crippen LogP contribution in [0.5, 0.6) is 0 Å². The zero-order valence-corrected chi connectivity index (χ0v) is 16.6. The van der Waals surface area contributed by atoms with Gasteiger partial charge in [-0.05, 0) is 35.9 Å². The minimum atomic E-state index is -3.69. The minimum Gasteiger partial charge on any atom is -0.322 e. The summed E-state index contributed by atoms with van der Waals surface area (Å²) in [5, 5.41) is 11.5. The minimum absolute atomic E-state index is 0.0186. The zero-order valence-electron chi connectivity index (χ0n) is 15.1. The molecule has 0 atom stereocenters. The van der Waals surface area contributed by atoms with E-state index in [0.29, 0.717) is 18.8 Å². The number of hydrogen-bond acceptors (Lipinski definition) is 4. The molecule has 0 saturated carbocycles. The Kier molecular flexibility index (Phi) is 6.97. The first-order valence-electron chi connectivity index (χ1n) is 8.40. The van der Waals surface area contributed by atoms with E-state index < -0.39 is 15.9 Å². The van der Waals surface area contributed by atoms with E-state index in [9.17, 15) is 13.2 Å². The van der Waals surface area contributed by atoms with E-state index in [1.165, 1.54) is 22.5 Å². The summed E-state index contributed by atoms with van der Waals surface area (Å²) in [5.74, 6) is -0.510. The van der Waals surface area contributed by atoms with Crippen molar-refractivity contribution in [1.82, 2.24) is 4.31 Å². The van der Waals surface area contributed by atoms with E-state index in [2.05, 4.69) is 11.4 Å². The maximum Gasteiger partial charge on any atom is 0.257 e. The normalized spacial score (nSPS) is 11.2. The summed E-state index contributed by atoms with van der Waals surface area (Å²) in [6.07, 6.45) is 0.283. The number of nitrogens with zero attached hydrogens (tertiary/aromatic N) is 2. The van der Waals surface area contributed by atoms with Gasteiger partial charge < -0.3 is 5.32 Å². The molecule has 2 aromatic carbocycles. The number of carbonyl (C=O) groups is 1. The van der Waals surface area contributed by atoms with Crippen molar-refractivity contribution in [2.75, 3.05) is 18.4 Å². The van der Waals surface area contributed by atoms with Gasteiger partial charge in [0.2, 0.25) is 10.0 Å². The van der Waals surface area contributed by atoms with Crippen molar-refractivity contribution in [2.24, 2.45) is 0 Å². The van der Waals surface area contributed by atoms with Crippen LogP contribution < -0.4 is 5.32 Å². The van der Waals surface area contributed by atoms with Crippen LogP contribution in [0.2, 0.25) is 5.02 Å². The summed E-state index contributed by atoms with van der Waals surface area (Å²) in [7, 11) is -3.69. The molecule has 27 heavy (non-hydrogen) atoms. The van der Waals surface area contributed by atoms with Gasteiger partial charge in [-0.25, -0.2) is 8.42 Å². The van der Waals surface area contributed by atoms with E-state index in [1.54, 1.807) is 38.1 Å². The molecule has 0 bridgehead atoms. The van der Waals surface area contributed by atoms with E-state index in [4.69, 9.17) is 16.9 Å². The summed E-state index contributed by atoms with van der Waals surface area (Å²) in [5.41, 5.74) is 1.43. The van der Waals surface area contributed by atoms with Crippen LogP contribution in [-0.4, -0.2) is 31.7 Å². The summed E-state index contributed by atoms with van der Waals surface area (Å²) >= 11 is 6.12. The van der Waals surface area contributed by atoms with Crippen molar-refractivity contribution in [3.05, 3.63) is 58.6 Å². The fraction of sp³-hybridized carbons (Fsp3) is 0.263. The fourth-order valence-electron chi connectivity index (χ4n) is 2.55. The van der Waals surface area contributed by atoms with E-state index >= 15 is 0 Å². The van der Waals surface area contributed by atoms with E-state index in [1.807, 2.05) is 0 Å². The number of sulfonamides is 1. The molecule has 2 aromatic rings. The van der Waals surface area contributed by atoms with Crippen LogP contribution in [0.25, 0.3) is 0 Å². The van der Waals surface area contributed by atoms with Gasteiger partial charge in [0, 0.05) is 18.8 Å². The average molecular weight is 406 g/mol. The lowest BCUT2D eigenvalue weighted by molar-refractivity contribution is 0.102. The molecule has 0 unspecified atom stereocenters. The lowest BCUT2D eigenvalue weighted by Crippen LogP contribution is -2.30. The Balaban J connectivity index is 2.30. The Hall–Kier alpha value is -2.40. The highest BCUT2D eigenvalue weighted by atomic mass is 35.5. The second kappa shape index (κ2) is 9.00. The number of halogens is 1. The molecular formula is C19H20ClN3O3S. The van der Waals surface area contributed by atoms with Crippen LogP contribution in [0.3, 0.4) is 0 Å². The second-order valence-corrected chi connectivity index (χ2v) is 8.06. The average Bonchev–Trinajstić information content (AvgIpc) is 2.64. The molecule has 0 heterocycles. The standard InChI is InChI=1S/C19H20ClN3O3S/c1-3-23(4-2)27(25,26)16-9-10-18(20)17(13-16)19(24)22-15-7-5-14(6-8-15)11-12-21/h5-10,13H,3-4,11H2,1-2H3,(H,22,24). The molecule has 6 nitrogen and oxygen atoms in total. The number of anilines is 1. The summed E-state index contributed by atoms with van der Waals surface area (Å²) in [6.45, 7) is 4.16. The van der Waals surface area contributed by atoms with Gasteiger partial charge >= 0.3 is 0 Å². The van der Waals surface area contributed by atoms with Crippen molar-refractivity contribution < 1.29 is 13.2 Å². The van der Waals surface area contributed by atoms with Crippen LogP contribution in [0.1, 0.15) is 29.8 Å². The van der Waals surface area contributed by atoms with Gasteiger partial charge in [-0.1, -0.05) is 37.6 Å². The Morgan fingerprint density at radius 2 is 1.78 bits per heavy atom. The van der Waals surface area contributed by atoms with Crippen LogP contribution in [0.4, 0.5) is 5.69 Å². The SMILES string of the molecule is CCN(CC)S(=O)(=O)c1ccc(Cl)c(C(=O)Nc2ccc(CC#N)cc2)c1. The predicted octanol–water partition coefficient (Wildman–Crippen LogP) is 3.69. The van der Waals surface area contributed by atoms with Crippen LogP contribution in [-0.2, 0) is 16.4 Å². The molecule has 0 aromatic heterocycles. The summed E-state index contributed by atoms with van der Waals surface area (Å²) < 4.78 is 26.6. The number of hydrogen-bond donors (Lipinski definition) is 1. The molecule has 0 spiro atoms. The van der Waals surface area contributed by atoms with E-state index in [0.717, 1.165) is 5.56 Å². The van der Waals surface area contributed by atoms with Gasteiger partial charge in [-0.15, -0.1) is 0 Å². The topological polar surface area (TPSA) is 90.3 Å². The van der Waals surface area contributed by atoms with Crippen LogP contribution in [0.15, 0.2) is 47.4 Å². The van der Waals surface area contributed by atoms with Crippen LogP contribution in [0, 0.1) is 11.3 Å². The Labute approximate surface area is 164 Å². The number of nitrogens with one attached hydrogen (secondary N) is 1. The van der Waals surface area contributed by atoms with Gasteiger partial charge in [0.05, 0.1) is 28.0 Å². The van der Waals surface area contributed by atoms with Crippen LogP contribution >= 0.6 is 11.6 Å². The lowest BCUT2D eigenvalue weighted by Gasteiger charge is -2.19. The Morgan fingerprint density at radius 1 is 1.15 bits per heavy atom. The monoisotopic (exact) mass is 405 g/mol. The quantitative estimate of drug-likeness (QED) is 0.760. The first kappa shape index (κ1) is 20.9. The molecule has 0 fully saturated rings. The molecule has 0 aliphatic heterocycles. The smallest absolute Gasteiger partial charge is 0.257 e. The third kappa shape index (κ3) is 4.86. The molecule has 1 amide bonds. The molecule has 0 saturated heterocycles. The number of carbonyl (C=O) groups excluding carboxylic acids is 1. The van der Waals surface area contributed by atoms with Crippen molar-refractivity contribution in [2.45, 2.75) is 25.2 Å². The van der Waals surface area contributed by atoms with Gasteiger partial charge in [0.15, 0.2) is 0 Å². The fourth-order valence-corrected chi connectivity index (χ4v) is 4.24. The van der Waals surface area contributed by atoms with Crippen molar-refractivity contribution in [3.8, 4) is 6.07 Å². The third-order valence-corrected chi connectivity index (χ3v) is 6.40. The number of rotatable bonds is 7. The molecule has 0 radical (unpaired) electrons. The summed E-state index contributed by atoms with van der Waals surface area (Å²) in [4.78, 5) is 12.6. The molecular weight excluding hydrogens is 386 g/mol. The maximum absolute atomic E-state index is 12.7. The Bertz CT molecular complexity index is 963. The number of benzene rings is 2. The van der Waals surface area contributed by atoms with Crippen molar-refractivity contribution in [3.63, 3.8) is 0 Å². The van der Waals surface area contributed by atoms with Gasteiger partial charge in [-0.3, -0.25) is 4.79 Å². The predicted molar refractivity (Wildman–Crippen MR) is 105 cm³/mol. The second-order valence-electron chi connectivity index (χ2n) is 5.72. The highest BCUT2D eigenvalue weighted by molar-refractivity contribution is 7.89. The molecule has 1 N–H and O–H groups in total. The number of nitriles is 1. The first-order valence-corrected chi connectivity index (χ1v) is 10.2. The zero-order chi connectivity index (χ0) is 20.0. The molecule has 0 aliphatic rings. The van der Waals surface area contributed by atoms with Gasteiger partial charge in [0.25, 0.3) is 5.91 Å². The molecule has 8 heteroatoms. The third-order valence-electron chi connectivity index (χ3n) is 4.02.